The quantitative estimate of drug-likeness (QED) is 0.416. The van der Waals surface area contributed by atoms with Gasteiger partial charge in [-0.25, -0.2) is 23.3 Å². The Morgan fingerprint density at radius 3 is 2.73 bits per heavy atom. The minimum absolute atomic E-state index is 0.172. The summed E-state index contributed by atoms with van der Waals surface area (Å²) in [6.45, 7) is 2.18. The van der Waals surface area contributed by atoms with Gasteiger partial charge in [0.05, 0.1) is 5.52 Å². The lowest BCUT2D eigenvalue weighted by molar-refractivity contribution is -0.119. The van der Waals surface area contributed by atoms with E-state index in [2.05, 4.69) is 25.4 Å². The molecule has 0 radical (unpaired) electrons. The smallest absolute Gasteiger partial charge is 0.260 e. The minimum Gasteiger partial charge on any atom is -0.396 e. The van der Waals surface area contributed by atoms with Crippen molar-refractivity contribution >= 4 is 28.3 Å². The van der Waals surface area contributed by atoms with Gasteiger partial charge < -0.3 is 10.4 Å². The third kappa shape index (κ3) is 4.02. The largest absolute Gasteiger partial charge is 0.396 e. The molecule has 0 saturated heterocycles. The van der Waals surface area contributed by atoms with Gasteiger partial charge in [-0.3, -0.25) is 9.78 Å². The van der Waals surface area contributed by atoms with Crippen molar-refractivity contribution in [1.29, 1.82) is 0 Å². The average Bonchev–Trinajstić information content (AvgIpc) is 3.18. The molecule has 0 spiro atoms. The Bertz CT molecular complexity index is 1370. The number of pyridine rings is 3. The van der Waals surface area contributed by atoms with Crippen molar-refractivity contribution in [1.82, 2.24) is 24.6 Å². The van der Waals surface area contributed by atoms with Crippen molar-refractivity contribution in [3.63, 3.8) is 0 Å². The lowest BCUT2D eigenvalue weighted by Crippen LogP contribution is -2.18. The molecule has 1 fully saturated rings. The summed E-state index contributed by atoms with van der Waals surface area (Å²) in [4.78, 5) is 25.3. The van der Waals surface area contributed by atoms with Crippen LogP contribution in [0.2, 0.25) is 0 Å². The number of hydrogen-bond acceptors (Lipinski definition) is 6. The average molecular weight is 452 g/mol. The predicted octanol–water partition coefficient (Wildman–Crippen LogP) is 3.56. The highest BCUT2D eigenvalue weighted by atomic mass is 19.3. The molecule has 0 unspecified atom stereocenters. The topological polar surface area (TPSA) is 105 Å². The standard InChI is InChI=1S/C23H22F2N6O2/c1-13-6-15(4-2-3-5-32)26-11-17(13)16-7-14-10-27-20(30-22(33)18-9-23(18,24)25)8-19(14)31-21(16)28-12-29-31/h6-8,10-12,18,32H,2-5,9H2,1H3,(H,27,30,33)/t18-/m1/s1. The number of unbranched alkanes of at least 4 members (excludes halogenated alkanes) is 1. The fourth-order valence-corrected chi connectivity index (χ4v) is 4.00. The minimum atomic E-state index is -2.94. The summed E-state index contributed by atoms with van der Waals surface area (Å²) in [5.74, 6) is -4.79. The Morgan fingerprint density at radius 1 is 1.18 bits per heavy atom. The zero-order chi connectivity index (χ0) is 23.2. The zero-order valence-corrected chi connectivity index (χ0v) is 17.9. The number of fused-ring (bicyclic) bond motifs is 3. The van der Waals surface area contributed by atoms with Crippen molar-refractivity contribution in [2.75, 3.05) is 11.9 Å². The number of anilines is 1. The number of halogens is 2. The van der Waals surface area contributed by atoms with Crippen LogP contribution in [0.25, 0.3) is 27.7 Å². The fraction of sp³-hybridized carbons (Fsp3) is 0.348. The van der Waals surface area contributed by atoms with E-state index in [1.165, 1.54) is 6.33 Å². The van der Waals surface area contributed by atoms with Crippen LogP contribution in [0, 0.1) is 12.8 Å². The van der Waals surface area contributed by atoms with Crippen LogP contribution in [0.1, 0.15) is 30.5 Å². The first kappa shape index (κ1) is 21.3. The first-order valence-corrected chi connectivity index (χ1v) is 10.8. The van der Waals surface area contributed by atoms with E-state index >= 15 is 0 Å². The second-order valence-electron chi connectivity index (χ2n) is 8.36. The first-order chi connectivity index (χ1) is 15.9. The van der Waals surface area contributed by atoms with Crippen molar-refractivity contribution in [3.8, 4) is 11.1 Å². The highest BCUT2D eigenvalue weighted by Crippen LogP contribution is 2.49. The maximum atomic E-state index is 13.2. The molecule has 2 N–H and O–H groups in total. The Balaban J connectivity index is 1.50. The molecule has 1 amide bonds. The van der Waals surface area contributed by atoms with Crippen molar-refractivity contribution < 1.29 is 18.7 Å². The summed E-state index contributed by atoms with van der Waals surface area (Å²) in [7, 11) is 0. The molecule has 4 aromatic rings. The first-order valence-electron chi connectivity index (χ1n) is 10.8. The summed E-state index contributed by atoms with van der Waals surface area (Å²) >= 11 is 0. The predicted molar refractivity (Wildman–Crippen MR) is 118 cm³/mol. The van der Waals surface area contributed by atoms with Crippen LogP contribution in [0.3, 0.4) is 0 Å². The molecule has 4 heterocycles. The van der Waals surface area contributed by atoms with Crippen molar-refractivity contribution in [2.45, 2.75) is 38.5 Å². The van der Waals surface area contributed by atoms with E-state index in [1.807, 2.05) is 25.3 Å². The number of aliphatic hydroxyl groups excluding tert-OH is 1. The van der Waals surface area contributed by atoms with E-state index in [0.717, 1.165) is 47.0 Å². The molecule has 10 heteroatoms. The van der Waals surface area contributed by atoms with Gasteiger partial charge in [-0.2, -0.15) is 5.10 Å². The number of hydrogen-bond donors (Lipinski definition) is 2. The van der Waals surface area contributed by atoms with E-state index in [4.69, 9.17) is 5.11 Å². The number of aryl methyl sites for hydroxylation is 2. The van der Waals surface area contributed by atoms with Gasteiger partial charge in [-0.1, -0.05) is 0 Å². The molecule has 8 nitrogen and oxygen atoms in total. The third-order valence-corrected chi connectivity index (χ3v) is 5.92. The number of aliphatic hydroxyl groups is 1. The van der Waals surface area contributed by atoms with Crippen LogP contribution >= 0.6 is 0 Å². The Labute approximate surface area is 187 Å². The van der Waals surface area contributed by atoms with Gasteiger partial charge in [0, 0.05) is 53.7 Å². The van der Waals surface area contributed by atoms with E-state index in [0.29, 0.717) is 11.2 Å². The van der Waals surface area contributed by atoms with E-state index < -0.39 is 24.2 Å². The fourth-order valence-electron chi connectivity index (χ4n) is 4.00. The highest BCUT2D eigenvalue weighted by molar-refractivity contribution is 5.97. The molecule has 1 saturated carbocycles. The molecule has 0 aliphatic heterocycles. The van der Waals surface area contributed by atoms with Gasteiger partial charge in [-0.05, 0) is 43.9 Å². The number of amides is 1. The Morgan fingerprint density at radius 2 is 2.00 bits per heavy atom. The molecular formula is C23H22F2N6O2. The van der Waals surface area contributed by atoms with Gasteiger partial charge in [0.15, 0.2) is 5.65 Å². The maximum Gasteiger partial charge on any atom is 0.260 e. The third-order valence-electron chi connectivity index (χ3n) is 5.92. The normalized spacial score (nSPS) is 16.9. The van der Waals surface area contributed by atoms with Crippen LogP contribution in [-0.2, 0) is 11.2 Å². The van der Waals surface area contributed by atoms with Gasteiger partial charge in [-0.15, -0.1) is 0 Å². The number of aromatic nitrogens is 5. The second kappa shape index (κ2) is 8.11. The molecule has 0 aromatic carbocycles. The van der Waals surface area contributed by atoms with E-state index in [1.54, 1.807) is 16.8 Å². The molecule has 0 bridgehead atoms. The van der Waals surface area contributed by atoms with Gasteiger partial charge in [0.1, 0.15) is 18.1 Å². The summed E-state index contributed by atoms with van der Waals surface area (Å²) in [6.07, 6.45) is 6.81. The summed E-state index contributed by atoms with van der Waals surface area (Å²) < 4.78 is 28.0. The van der Waals surface area contributed by atoms with Crippen LogP contribution in [0.15, 0.2) is 36.9 Å². The molecule has 33 heavy (non-hydrogen) atoms. The van der Waals surface area contributed by atoms with Crippen LogP contribution in [0.4, 0.5) is 14.6 Å². The Hall–Kier alpha value is -3.53. The molecule has 170 valence electrons. The van der Waals surface area contributed by atoms with Crippen molar-refractivity contribution in [3.05, 3.63) is 48.2 Å². The molecular weight excluding hydrogens is 430 g/mol. The van der Waals surface area contributed by atoms with Gasteiger partial charge in [0.25, 0.3) is 5.92 Å². The summed E-state index contributed by atoms with van der Waals surface area (Å²) in [5.41, 5.74) is 5.00. The lowest BCUT2D eigenvalue weighted by Gasteiger charge is -2.12. The van der Waals surface area contributed by atoms with E-state index in [9.17, 15) is 13.6 Å². The van der Waals surface area contributed by atoms with Gasteiger partial charge in [0.2, 0.25) is 5.91 Å². The molecule has 1 aliphatic carbocycles. The monoisotopic (exact) mass is 452 g/mol. The SMILES string of the molecule is Cc1cc(CCCCO)ncc1-c1cc2cnc(NC(=O)[C@H]3CC3(F)F)cc2n2ncnc12. The maximum absolute atomic E-state index is 13.2. The molecule has 1 aliphatic rings. The van der Waals surface area contributed by atoms with Crippen LogP contribution < -0.4 is 5.32 Å². The lowest BCUT2D eigenvalue weighted by atomic mass is 10.0. The number of alkyl halides is 2. The number of nitrogens with zero attached hydrogens (tertiary/aromatic N) is 5. The van der Waals surface area contributed by atoms with Crippen LogP contribution in [0.5, 0.6) is 0 Å². The number of rotatable bonds is 7. The Kier molecular flexibility index (Phi) is 5.24. The van der Waals surface area contributed by atoms with E-state index in [-0.39, 0.29) is 12.4 Å². The number of carbonyl (C=O) groups is 1. The molecule has 1 atom stereocenters. The second-order valence-corrected chi connectivity index (χ2v) is 8.36. The highest BCUT2D eigenvalue weighted by Gasteiger charge is 2.61. The molecule has 4 aromatic heterocycles. The van der Waals surface area contributed by atoms with Gasteiger partial charge >= 0.3 is 0 Å². The number of carbonyl (C=O) groups excluding carboxylic acids is 1. The molecule has 5 rings (SSSR count). The van der Waals surface area contributed by atoms with Crippen molar-refractivity contribution in [2.24, 2.45) is 5.92 Å². The van der Waals surface area contributed by atoms with Crippen LogP contribution in [-0.4, -0.2) is 48.1 Å². The summed E-state index contributed by atoms with van der Waals surface area (Å²) in [5, 5.41) is 16.5. The number of nitrogens with one attached hydrogen (secondary N) is 1. The zero-order valence-electron chi connectivity index (χ0n) is 17.9. The summed E-state index contributed by atoms with van der Waals surface area (Å²) in [6, 6.07) is 5.57.